The van der Waals surface area contributed by atoms with Crippen LogP contribution in [0.3, 0.4) is 0 Å². The first kappa shape index (κ1) is 17.2. The highest BCUT2D eigenvalue weighted by atomic mass is 16.7. The lowest BCUT2D eigenvalue weighted by molar-refractivity contribution is 0.0940. The molecule has 8 nitrogen and oxygen atoms in total. The van der Waals surface area contributed by atoms with Crippen molar-refractivity contribution in [1.29, 1.82) is 0 Å². The van der Waals surface area contributed by atoms with Crippen molar-refractivity contribution >= 4 is 11.7 Å². The van der Waals surface area contributed by atoms with Crippen molar-refractivity contribution in [1.82, 2.24) is 15.3 Å². The summed E-state index contributed by atoms with van der Waals surface area (Å²) in [4.78, 5) is 21.7. The van der Waals surface area contributed by atoms with E-state index in [4.69, 9.17) is 19.2 Å². The Bertz CT molecular complexity index is 911. The van der Waals surface area contributed by atoms with Gasteiger partial charge in [-0.2, -0.15) is 0 Å². The van der Waals surface area contributed by atoms with E-state index in [-0.39, 0.29) is 18.8 Å². The van der Waals surface area contributed by atoms with E-state index in [1.807, 2.05) is 18.2 Å². The zero-order valence-electron chi connectivity index (χ0n) is 15.5. The first-order chi connectivity index (χ1) is 13.8. The fourth-order valence-corrected chi connectivity index (χ4v) is 3.81. The van der Waals surface area contributed by atoms with Crippen molar-refractivity contribution < 1.29 is 19.0 Å². The van der Waals surface area contributed by atoms with Gasteiger partial charge in [0.15, 0.2) is 11.5 Å². The number of aromatic nitrogens is 2. The van der Waals surface area contributed by atoms with E-state index in [0.29, 0.717) is 31.0 Å². The van der Waals surface area contributed by atoms with E-state index in [1.54, 1.807) is 0 Å². The summed E-state index contributed by atoms with van der Waals surface area (Å²) in [7, 11) is 0. The van der Waals surface area contributed by atoms with Crippen molar-refractivity contribution in [3.05, 3.63) is 40.8 Å². The molecule has 0 bridgehead atoms. The summed E-state index contributed by atoms with van der Waals surface area (Å²) >= 11 is 0. The Hall–Kier alpha value is -2.87. The van der Waals surface area contributed by atoms with Gasteiger partial charge in [-0.3, -0.25) is 4.79 Å². The second-order valence-corrected chi connectivity index (χ2v) is 7.20. The van der Waals surface area contributed by atoms with Crippen LogP contribution in [-0.4, -0.2) is 48.5 Å². The average molecular weight is 382 g/mol. The molecule has 2 aromatic rings. The average Bonchev–Trinajstić information content (AvgIpc) is 3.38. The van der Waals surface area contributed by atoms with Gasteiger partial charge in [0.2, 0.25) is 6.79 Å². The Morgan fingerprint density at radius 1 is 1.21 bits per heavy atom. The van der Waals surface area contributed by atoms with Crippen LogP contribution in [0.5, 0.6) is 11.5 Å². The van der Waals surface area contributed by atoms with E-state index < -0.39 is 0 Å². The standard InChI is InChI=1S/C20H22N4O4/c25-20-18-14(5-6-21-20)19(22-10-13-2-1-7-26-13)24-17(23-18)9-12-3-4-15-16(8-12)28-11-27-15/h3-4,8,13H,1-2,5-7,9-11H2,(H,21,25)(H,22,23,24). The molecule has 2 N–H and O–H groups in total. The van der Waals surface area contributed by atoms with Crippen LogP contribution in [0.1, 0.15) is 40.3 Å². The predicted molar refractivity (Wildman–Crippen MR) is 101 cm³/mol. The smallest absolute Gasteiger partial charge is 0.270 e. The highest BCUT2D eigenvalue weighted by molar-refractivity contribution is 5.96. The van der Waals surface area contributed by atoms with E-state index >= 15 is 0 Å². The van der Waals surface area contributed by atoms with Gasteiger partial charge in [0.25, 0.3) is 5.91 Å². The lowest BCUT2D eigenvalue weighted by Gasteiger charge is -2.21. The number of benzene rings is 1. The molecule has 3 aliphatic rings. The summed E-state index contributed by atoms with van der Waals surface area (Å²) < 4.78 is 16.5. The highest BCUT2D eigenvalue weighted by Crippen LogP contribution is 2.33. The third kappa shape index (κ3) is 3.35. The second kappa shape index (κ2) is 7.27. The van der Waals surface area contributed by atoms with Crippen LogP contribution < -0.4 is 20.1 Å². The van der Waals surface area contributed by atoms with Crippen LogP contribution in [0, 0.1) is 0 Å². The third-order valence-electron chi connectivity index (χ3n) is 5.25. The van der Waals surface area contributed by atoms with Crippen LogP contribution in [0.25, 0.3) is 0 Å². The molecule has 5 rings (SSSR count). The fourth-order valence-electron chi connectivity index (χ4n) is 3.81. The Morgan fingerprint density at radius 3 is 3.04 bits per heavy atom. The van der Waals surface area contributed by atoms with Gasteiger partial charge < -0.3 is 24.8 Å². The number of ether oxygens (including phenoxy) is 3. The van der Waals surface area contributed by atoms with Crippen molar-refractivity contribution in [2.75, 3.05) is 31.8 Å². The number of rotatable bonds is 5. The molecule has 0 saturated carbocycles. The number of fused-ring (bicyclic) bond motifs is 2. The topological polar surface area (TPSA) is 94.6 Å². The van der Waals surface area contributed by atoms with Gasteiger partial charge in [0, 0.05) is 31.7 Å². The molecular weight excluding hydrogens is 360 g/mol. The molecule has 8 heteroatoms. The molecule has 1 saturated heterocycles. The van der Waals surface area contributed by atoms with Crippen LogP contribution in [-0.2, 0) is 17.6 Å². The van der Waals surface area contributed by atoms with Gasteiger partial charge in [-0.25, -0.2) is 9.97 Å². The Morgan fingerprint density at radius 2 is 2.14 bits per heavy atom. The van der Waals surface area contributed by atoms with Crippen LogP contribution in [0.15, 0.2) is 18.2 Å². The molecule has 1 aromatic carbocycles. The maximum atomic E-state index is 12.4. The molecule has 1 unspecified atom stereocenters. The summed E-state index contributed by atoms with van der Waals surface area (Å²) in [5.74, 6) is 2.67. The minimum absolute atomic E-state index is 0.143. The van der Waals surface area contributed by atoms with Crippen LogP contribution in [0.4, 0.5) is 5.82 Å². The number of nitrogens with zero attached hydrogens (tertiary/aromatic N) is 2. The highest BCUT2D eigenvalue weighted by Gasteiger charge is 2.25. The normalized spacial score (nSPS) is 20.0. The summed E-state index contributed by atoms with van der Waals surface area (Å²) in [5.41, 5.74) is 2.36. The fraction of sp³-hybridized carbons (Fsp3) is 0.450. The molecule has 1 aromatic heterocycles. The molecule has 1 atom stereocenters. The number of hydrogen-bond acceptors (Lipinski definition) is 7. The Kier molecular flexibility index (Phi) is 4.48. The van der Waals surface area contributed by atoms with Crippen molar-refractivity contribution in [2.45, 2.75) is 31.8 Å². The maximum absolute atomic E-state index is 12.4. The molecule has 3 aliphatic heterocycles. The number of amides is 1. The molecule has 1 amide bonds. The van der Waals surface area contributed by atoms with Crippen molar-refractivity contribution in [3.63, 3.8) is 0 Å². The van der Waals surface area contributed by atoms with Gasteiger partial charge in [-0.15, -0.1) is 0 Å². The summed E-state index contributed by atoms with van der Waals surface area (Å²) in [5, 5.41) is 6.27. The predicted octanol–water partition coefficient (Wildman–Crippen LogP) is 1.67. The molecule has 0 aliphatic carbocycles. The molecule has 0 spiro atoms. The largest absolute Gasteiger partial charge is 0.454 e. The SMILES string of the molecule is O=C1NCCc2c(NCC3CCCO3)nc(Cc3ccc4c(c3)OCO4)nc21. The zero-order chi connectivity index (χ0) is 18.9. The number of hydrogen-bond donors (Lipinski definition) is 2. The van der Waals surface area contributed by atoms with Crippen LogP contribution in [0.2, 0.25) is 0 Å². The minimum Gasteiger partial charge on any atom is -0.454 e. The quantitative estimate of drug-likeness (QED) is 0.812. The summed E-state index contributed by atoms with van der Waals surface area (Å²) in [6, 6.07) is 5.79. The first-order valence-corrected chi connectivity index (χ1v) is 9.68. The molecular formula is C20H22N4O4. The molecule has 0 radical (unpaired) electrons. The number of carbonyl (C=O) groups excluding carboxylic acids is 1. The van der Waals surface area contributed by atoms with Gasteiger partial charge >= 0.3 is 0 Å². The van der Waals surface area contributed by atoms with Gasteiger partial charge in [0.1, 0.15) is 17.3 Å². The lowest BCUT2D eigenvalue weighted by Crippen LogP contribution is -2.34. The molecule has 28 heavy (non-hydrogen) atoms. The van der Waals surface area contributed by atoms with Crippen molar-refractivity contribution in [2.24, 2.45) is 0 Å². The monoisotopic (exact) mass is 382 g/mol. The van der Waals surface area contributed by atoms with Gasteiger partial charge in [0.05, 0.1) is 6.10 Å². The second-order valence-electron chi connectivity index (χ2n) is 7.20. The van der Waals surface area contributed by atoms with E-state index in [0.717, 1.165) is 54.3 Å². The summed E-state index contributed by atoms with van der Waals surface area (Å²) in [6.45, 7) is 2.34. The molecule has 146 valence electrons. The summed E-state index contributed by atoms with van der Waals surface area (Å²) in [6.07, 6.45) is 3.56. The maximum Gasteiger partial charge on any atom is 0.270 e. The van der Waals surface area contributed by atoms with E-state index in [9.17, 15) is 4.79 Å². The van der Waals surface area contributed by atoms with Gasteiger partial charge in [-0.1, -0.05) is 6.07 Å². The van der Waals surface area contributed by atoms with Gasteiger partial charge in [-0.05, 0) is 37.0 Å². The molecule has 1 fully saturated rings. The molecule has 4 heterocycles. The number of nitrogens with one attached hydrogen (secondary N) is 2. The number of anilines is 1. The lowest BCUT2D eigenvalue weighted by atomic mass is 10.1. The van der Waals surface area contributed by atoms with E-state index in [2.05, 4.69) is 15.6 Å². The Labute approximate surface area is 162 Å². The Balaban J connectivity index is 1.43. The number of carbonyl (C=O) groups is 1. The third-order valence-corrected chi connectivity index (χ3v) is 5.25. The van der Waals surface area contributed by atoms with E-state index in [1.165, 1.54) is 0 Å². The van der Waals surface area contributed by atoms with Crippen LogP contribution >= 0.6 is 0 Å². The zero-order valence-corrected chi connectivity index (χ0v) is 15.5. The van der Waals surface area contributed by atoms with Crippen molar-refractivity contribution in [3.8, 4) is 11.5 Å². The first-order valence-electron chi connectivity index (χ1n) is 9.68. The minimum atomic E-state index is -0.143.